The van der Waals surface area contributed by atoms with Crippen LogP contribution in [0.1, 0.15) is 34.6 Å². The number of halogens is 1. The number of benzene rings is 1. The van der Waals surface area contributed by atoms with E-state index in [0.29, 0.717) is 0 Å². The van der Waals surface area contributed by atoms with Gasteiger partial charge in [-0.15, -0.1) is 6.58 Å². The molecule has 1 N–H and O–H groups in total. The van der Waals surface area contributed by atoms with E-state index in [1.165, 1.54) is 24.3 Å². The minimum Gasteiger partial charge on any atom is -0.322 e. The Morgan fingerprint density at radius 2 is 1.75 bits per heavy atom. The van der Waals surface area contributed by atoms with Gasteiger partial charge in [0.1, 0.15) is 0 Å². The number of amides is 1. The van der Waals surface area contributed by atoms with Crippen LogP contribution in [0, 0.1) is 15.9 Å². The maximum atomic E-state index is 13.0. The first kappa shape index (κ1) is 26.2. The highest BCUT2D eigenvalue weighted by atomic mass is 19.1. The van der Waals surface area contributed by atoms with E-state index in [4.69, 9.17) is 0 Å². The van der Waals surface area contributed by atoms with Crippen molar-refractivity contribution in [2.45, 2.75) is 34.6 Å². The first-order valence-corrected chi connectivity index (χ1v) is 7.57. The summed E-state index contributed by atoms with van der Waals surface area (Å²) in [7, 11) is 0. The predicted octanol–water partition coefficient (Wildman–Crippen LogP) is 5.66. The lowest BCUT2D eigenvalue weighted by molar-refractivity contribution is -0.387. The zero-order valence-electron chi connectivity index (χ0n) is 15.0. The highest BCUT2D eigenvalue weighted by Gasteiger charge is 2.14. The minimum absolute atomic E-state index is 0.150. The largest absolute Gasteiger partial charge is 0.322 e. The molecule has 6 heteroatoms. The molecule has 0 aliphatic rings. The molecule has 0 saturated carbocycles. The molecule has 5 nitrogen and oxygen atoms in total. The molecule has 0 fully saturated rings. The number of hydrogen-bond acceptors (Lipinski definition) is 3. The van der Waals surface area contributed by atoms with E-state index in [2.05, 4.69) is 18.5 Å². The Bertz CT molecular complexity index is 541. The monoisotopic (exact) mass is 338 g/mol. The number of carbonyl (C=O) groups excluding carboxylic acids is 1. The molecule has 0 saturated heterocycles. The number of nitro groups is 1. The number of nitrogens with one attached hydrogen (secondary N) is 1. The summed E-state index contributed by atoms with van der Waals surface area (Å²) in [5.74, 6) is -1.43. The summed E-state index contributed by atoms with van der Waals surface area (Å²) in [6, 6.07) is 3.11. The fourth-order valence-electron chi connectivity index (χ4n) is 1.07. The molecular formula is C18H27FN2O3. The molecule has 0 radical (unpaired) electrons. The van der Waals surface area contributed by atoms with Crippen molar-refractivity contribution in [1.82, 2.24) is 0 Å². The van der Waals surface area contributed by atoms with E-state index in [9.17, 15) is 19.3 Å². The molecule has 0 spiro atoms. The fraction of sp³-hybridized carbons (Fsp3) is 0.278. The maximum absolute atomic E-state index is 13.0. The van der Waals surface area contributed by atoms with Crippen LogP contribution in [0.25, 0.3) is 0 Å². The fourth-order valence-corrected chi connectivity index (χ4v) is 1.07. The molecule has 0 atom stereocenters. The number of hydrogen-bond donors (Lipinski definition) is 1. The van der Waals surface area contributed by atoms with Crippen molar-refractivity contribution in [2.24, 2.45) is 0 Å². The Labute approximate surface area is 143 Å². The highest BCUT2D eigenvalue weighted by molar-refractivity contribution is 5.99. The summed E-state index contributed by atoms with van der Waals surface area (Å²) >= 11 is 0. The van der Waals surface area contributed by atoms with E-state index in [1.807, 2.05) is 34.6 Å². The van der Waals surface area contributed by atoms with E-state index >= 15 is 0 Å². The summed E-state index contributed by atoms with van der Waals surface area (Å²) in [6.07, 6.45) is 5.77. The van der Waals surface area contributed by atoms with Gasteiger partial charge in [-0.25, -0.2) is 0 Å². The smallest absolute Gasteiger partial charge is 0.306 e. The third-order valence-electron chi connectivity index (χ3n) is 1.79. The Hall–Kier alpha value is -2.76. The molecule has 0 unspecified atom stereocenters. The van der Waals surface area contributed by atoms with Crippen LogP contribution in [0.3, 0.4) is 0 Å². The van der Waals surface area contributed by atoms with Crippen molar-refractivity contribution in [3.05, 3.63) is 71.6 Å². The van der Waals surface area contributed by atoms with Gasteiger partial charge in [-0.05, 0) is 19.1 Å². The average molecular weight is 338 g/mol. The topological polar surface area (TPSA) is 72.2 Å². The van der Waals surface area contributed by atoms with Crippen LogP contribution in [0.2, 0.25) is 0 Å². The molecule has 1 aromatic carbocycles. The van der Waals surface area contributed by atoms with Gasteiger partial charge in [-0.2, -0.15) is 4.39 Å². The van der Waals surface area contributed by atoms with Crippen LogP contribution in [-0.2, 0) is 4.79 Å². The van der Waals surface area contributed by atoms with Gasteiger partial charge in [0, 0.05) is 17.8 Å². The van der Waals surface area contributed by atoms with Crippen LogP contribution in [-0.4, -0.2) is 10.8 Å². The lowest BCUT2D eigenvalue weighted by Gasteiger charge is -2.02. The zero-order valence-corrected chi connectivity index (χ0v) is 15.0. The molecule has 0 heterocycles. The van der Waals surface area contributed by atoms with Crippen molar-refractivity contribution in [3.8, 4) is 0 Å². The Kier molecular flexibility index (Phi) is 19.9. The van der Waals surface area contributed by atoms with Crippen molar-refractivity contribution < 1.29 is 14.1 Å². The van der Waals surface area contributed by atoms with E-state index in [-0.39, 0.29) is 5.69 Å². The standard InChI is InChI=1S/C11H9FN2O3.C3H6.2C2H6/c1-2-3-4-11(15)13-8-5-6-9(12)10(7-8)14(16)17;1-3-2;2*1-2/h2-7H,1H2,(H,13,15);3H,1H2,2H3;2*1-2H3/b4-3+;;;. The number of nitrogens with zero attached hydrogens (tertiary/aromatic N) is 1. The number of anilines is 1. The Morgan fingerprint density at radius 1 is 1.25 bits per heavy atom. The van der Waals surface area contributed by atoms with Crippen molar-refractivity contribution >= 4 is 17.3 Å². The van der Waals surface area contributed by atoms with E-state index < -0.39 is 22.3 Å². The van der Waals surface area contributed by atoms with Crippen LogP contribution in [0.15, 0.2) is 55.7 Å². The molecular weight excluding hydrogens is 311 g/mol. The van der Waals surface area contributed by atoms with Crippen molar-refractivity contribution in [2.75, 3.05) is 5.32 Å². The molecule has 0 aromatic heterocycles. The summed E-state index contributed by atoms with van der Waals surface area (Å²) in [6.45, 7) is 16.6. The first-order chi connectivity index (χ1) is 11.5. The second-order valence-electron chi connectivity index (χ2n) is 3.42. The molecule has 1 rings (SSSR count). The Morgan fingerprint density at radius 3 is 2.17 bits per heavy atom. The van der Waals surface area contributed by atoms with E-state index in [1.54, 1.807) is 6.08 Å². The lowest BCUT2D eigenvalue weighted by Crippen LogP contribution is -2.08. The second kappa shape index (κ2) is 18.3. The number of rotatable bonds is 4. The van der Waals surface area contributed by atoms with Crippen LogP contribution < -0.4 is 5.32 Å². The van der Waals surface area contributed by atoms with Gasteiger partial charge in [0.25, 0.3) is 0 Å². The van der Waals surface area contributed by atoms with Gasteiger partial charge < -0.3 is 5.32 Å². The van der Waals surface area contributed by atoms with Crippen LogP contribution >= 0.6 is 0 Å². The molecule has 1 amide bonds. The quantitative estimate of drug-likeness (QED) is 0.253. The molecule has 134 valence electrons. The first-order valence-electron chi connectivity index (χ1n) is 7.57. The van der Waals surface area contributed by atoms with Crippen LogP contribution in [0.5, 0.6) is 0 Å². The summed E-state index contributed by atoms with van der Waals surface area (Å²) in [4.78, 5) is 20.8. The second-order valence-corrected chi connectivity index (χ2v) is 3.42. The third kappa shape index (κ3) is 12.9. The molecule has 1 aromatic rings. The SMILES string of the molecule is C=C/C=C/C(=O)Nc1ccc(F)c([N+](=O)[O-])c1.C=CC.CC.CC. The summed E-state index contributed by atoms with van der Waals surface area (Å²) in [5, 5.41) is 12.8. The Balaban J connectivity index is -0.000000549. The molecule has 0 aliphatic carbocycles. The minimum atomic E-state index is -0.949. The maximum Gasteiger partial charge on any atom is 0.306 e. The van der Waals surface area contributed by atoms with Gasteiger partial charge in [-0.1, -0.05) is 52.5 Å². The summed E-state index contributed by atoms with van der Waals surface area (Å²) in [5.41, 5.74) is -0.535. The van der Waals surface area contributed by atoms with Gasteiger partial charge >= 0.3 is 5.69 Å². The van der Waals surface area contributed by atoms with Crippen molar-refractivity contribution in [3.63, 3.8) is 0 Å². The number of carbonyl (C=O) groups is 1. The van der Waals surface area contributed by atoms with Crippen LogP contribution in [0.4, 0.5) is 15.8 Å². The van der Waals surface area contributed by atoms with Gasteiger partial charge in [-0.3, -0.25) is 14.9 Å². The summed E-state index contributed by atoms with van der Waals surface area (Å²) < 4.78 is 13.0. The lowest BCUT2D eigenvalue weighted by atomic mass is 10.2. The average Bonchev–Trinajstić information content (AvgIpc) is 2.59. The molecule has 0 aliphatic heterocycles. The van der Waals surface area contributed by atoms with Gasteiger partial charge in [0.05, 0.1) is 4.92 Å². The normalized spacial score (nSPS) is 8.25. The van der Waals surface area contributed by atoms with Gasteiger partial charge in [0.15, 0.2) is 0 Å². The van der Waals surface area contributed by atoms with Crippen molar-refractivity contribution in [1.29, 1.82) is 0 Å². The predicted molar refractivity (Wildman–Crippen MR) is 99.6 cm³/mol. The van der Waals surface area contributed by atoms with Gasteiger partial charge in [0.2, 0.25) is 11.7 Å². The van der Waals surface area contributed by atoms with E-state index in [0.717, 1.165) is 12.1 Å². The molecule has 0 bridgehead atoms. The number of nitro benzene ring substituents is 1. The highest BCUT2D eigenvalue weighted by Crippen LogP contribution is 2.21. The third-order valence-corrected chi connectivity index (χ3v) is 1.79. The number of allylic oxidation sites excluding steroid dienone is 3. The molecule has 24 heavy (non-hydrogen) atoms. The zero-order chi connectivity index (χ0) is 19.5.